The van der Waals surface area contributed by atoms with Crippen LogP contribution in [0, 0.1) is 6.92 Å². The van der Waals surface area contributed by atoms with Crippen LogP contribution < -0.4 is 18.9 Å². The molecule has 132 valence electrons. The summed E-state index contributed by atoms with van der Waals surface area (Å²) in [5.74, 6) is 1.92. The van der Waals surface area contributed by atoms with Gasteiger partial charge in [0.15, 0.2) is 23.0 Å². The predicted octanol–water partition coefficient (Wildman–Crippen LogP) is 2.90. The Morgan fingerprint density at radius 1 is 1.12 bits per heavy atom. The maximum atomic E-state index is 12.3. The second kappa shape index (κ2) is 7.34. The van der Waals surface area contributed by atoms with Crippen LogP contribution >= 0.6 is 0 Å². The summed E-state index contributed by atoms with van der Waals surface area (Å²) < 4.78 is 27.1. The Hall–Kier alpha value is -2.89. The highest BCUT2D eigenvalue weighted by Crippen LogP contribution is 2.32. The Balaban J connectivity index is 1.65. The number of hydrogen-bond donors (Lipinski definition) is 0. The second-order valence-electron chi connectivity index (χ2n) is 5.61. The van der Waals surface area contributed by atoms with Gasteiger partial charge in [-0.15, -0.1) is 0 Å². The van der Waals surface area contributed by atoms with Crippen LogP contribution in [-0.2, 0) is 16.1 Å². The van der Waals surface area contributed by atoms with Crippen molar-refractivity contribution in [2.75, 3.05) is 20.8 Å². The quantitative estimate of drug-likeness (QED) is 0.777. The molecule has 0 fully saturated rings. The number of carbonyl (C=O) groups is 1. The molecule has 6 nitrogen and oxygen atoms in total. The van der Waals surface area contributed by atoms with Crippen molar-refractivity contribution >= 4 is 5.97 Å². The number of methoxy groups -OCH3 is 2. The highest BCUT2D eigenvalue weighted by atomic mass is 16.6. The summed E-state index contributed by atoms with van der Waals surface area (Å²) in [6.45, 7) is 2.16. The zero-order chi connectivity index (χ0) is 17.8. The van der Waals surface area contributed by atoms with Crippen molar-refractivity contribution in [3.63, 3.8) is 0 Å². The van der Waals surface area contributed by atoms with Crippen molar-refractivity contribution in [1.82, 2.24) is 0 Å². The first-order valence-corrected chi connectivity index (χ1v) is 7.89. The lowest BCUT2D eigenvalue weighted by Crippen LogP contribution is -2.37. The summed E-state index contributed by atoms with van der Waals surface area (Å²) in [6, 6.07) is 10.9. The van der Waals surface area contributed by atoms with Crippen LogP contribution in [0.5, 0.6) is 23.0 Å². The van der Waals surface area contributed by atoms with Crippen LogP contribution in [0.4, 0.5) is 0 Å². The first kappa shape index (κ1) is 17.0. The summed E-state index contributed by atoms with van der Waals surface area (Å²) in [7, 11) is 3.14. The summed E-state index contributed by atoms with van der Waals surface area (Å²) in [6.07, 6.45) is -0.782. The molecule has 0 bridgehead atoms. The number of fused-ring (bicyclic) bond motifs is 1. The molecule has 2 aromatic rings. The van der Waals surface area contributed by atoms with Gasteiger partial charge < -0.3 is 23.7 Å². The smallest absolute Gasteiger partial charge is 0.351 e. The minimum atomic E-state index is -0.782. The number of hydrogen-bond acceptors (Lipinski definition) is 6. The molecule has 0 saturated heterocycles. The van der Waals surface area contributed by atoms with E-state index in [0.29, 0.717) is 23.0 Å². The van der Waals surface area contributed by atoms with E-state index in [1.807, 2.05) is 25.1 Å². The Labute approximate surface area is 146 Å². The molecule has 0 aromatic heterocycles. The van der Waals surface area contributed by atoms with Gasteiger partial charge in [0.2, 0.25) is 6.10 Å². The van der Waals surface area contributed by atoms with E-state index in [0.717, 1.165) is 11.1 Å². The normalized spacial score (nSPS) is 15.4. The highest BCUT2D eigenvalue weighted by molar-refractivity contribution is 5.76. The molecular formula is C19H20O6. The zero-order valence-electron chi connectivity index (χ0n) is 14.4. The largest absolute Gasteiger partial charge is 0.493 e. The van der Waals surface area contributed by atoms with Gasteiger partial charge >= 0.3 is 5.97 Å². The lowest BCUT2D eigenvalue weighted by molar-refractivity contribution is -0.155. The second-order valence-corrected chi connectivity index (χ2v) is 5.61. The molecule has 0 aliphatic carbocycles. The van der Waals surface area contributed by atoms with E-state index in [2.05, 4.69) is 0 Å². The van der Waals surface area contributed by atoms with Crippen LogP contribution in [0.1, 0.15) is 11.1 Å². The topological polar surface area (TPSA) is 63.2 Å². The molecule has 0 radical (unpaired) electrons. The van der Waals surface area contributed by atoms with Gasteiger partial charge in [-0.2, -0.15) is 0 Å². The Kier molecular flexibility index (Phi) is 4.97. The number of aryl methyl sites for hydroxylation is 1. The highest BCUT2D eigenvalue weighted by Gasteiger charge is 2.28. The van der Waals surface area contributed by atoms with Crippen molar-refractivity contribution < 1.29 is 28.5 Å². The number of carbonyl (C=O) groups excluding carboxylic acids is 1. The summed E-state index contributed by atoms with van der Waals surface area (Å²) in [5.41, 5.74) is 1.78. The van der Waals surface area contributed by atoms with Gasteiger partial charge in [0.25, 0.3) is 0 Å². The fraction of sp³-hybridized carbons (Fsp3) is 0.316. The van der Waals surface area contributed by atoms with Crippen molar-refractivity contribution in [3.8, 4) is 23.0 Å². The van der Waals surface area contributed by atoms with Gasteiger partial charge in [-0.25, -0.2) is 4.79 Å². The van der Waals surface area contributed by atoms with E-state index in [-0.39, 0.29) is 13.2 Å². The molecule has 0 saturated carbocycles. The standard InChI is InChI=1S/C19H20O6/c1-12-8-16(21-2)17(22-3)9-13(12)10-24-19(20)18-11-23-14-6-4-5-7-15(14)25-18/h4-9,18H,10-11H2,1-3H3/t18-/m0/s1. The van der Waals surface area contributed by atoms with Crippen LogP contribution in [0.25, 0.3) is 0 Å². The third-order valence-corrected chi connectivity index (χ3v) is 3.98. The van der Waals surface area contributed by atoms with E-state index < -0.39 is 12.1 Å². The van der Waals surface area contributed by atoms with Crippen LogP contribution in [0.2, 0.25) is 0 Å². The summed E-state index contributed by atoms with van der Waals surface area (Å²) >= 11 is 0. The molecule has 25 heavy (non-hydrogen) atoms. The van der Waals surface area contributed by atoms with Crippen molar-refractivity contribution in [1.29, 1.82) is 0 Å². The third-order valence-electron chi connectivity index (χ3n) is 3.98. The Bertz CT molecular complexity index is 771. The molecular weight excluding hydrogens is 324 g/mol. The van der Waals surface area contributed by atoms with Gasteiger partial charge in [0.1, 0.15) is 13.2 Å². The number of para-hydroxylation sites is 2. The zero-order valence-corrected chi connectivity index (χ0v) is 14.4. The lowest BCUT2D eigenvalue weighted by atomic mass is 10.1. The number of rotatable bonds is 5. The molecule has 0 unspecified atom stereocenters. The summed E-state index contributed by atoms with van der Waals surface area (Å²) in [5, 5.41) is 0. The minimum Gasteiger partial charge on any atom is -0.493 e. The molecule has 1 aliphatic rings. The van der Waals surface area contributed by atoms with Gasteiger partial charge in [-0.3, -0.25) is 0 Å². The molecule has 0 amide bonds. The van der Waals surface area contributed by atoms with Crippen LogP contribution in [-0.4, -0.2) is 32.9 Å². The molecule has 1 atom stereocenters. The number of ether oxygens (including phenoxy) is 5. The van der Waals surface area contributed by atoms with Crippen molar-refractivity contribution in [2.45, 2.75) is 19.6 Å². The summed E-state index contributed by atoms with van der Waals surface area (Å²) in [4.78, 5) is 12.3. The van der Waals surface area contributed by atoms with Gasteiger partial charge in [-0.1, -0.05) is 12.1 Å². The van der Waals surface area contributed by atoms with Crippen molar-refractivity contribution in [2.24, 2.45) is 0 Å². The van der Waals surface area contributed by atoms with Crippen LogP contribution in [0.15, 0.2) is 36.4 Å². The number of esters is 1. The molecule has 3 rings (SSSR count). The van der Waals surface area contributed by atoms with Crippen LogP contribution in [0.3, 0.4) is 0 Å². The van der Waals surface area contributed by atoms with Crippen molar-refractivity contribution in [3.05, 3.63) is 47.5 Å². The average Bonchev–Trinajstić information content (AvgIpc) is 2.66. The molecule has 6 heteroatoms. The van der Waals surface area contributed by atoms with E-state index in [9.17, 15) is 4.79 Å². The Morgan fingerprint density at radius 2 is 1.80 bits per heavy atom. The first-order chi connectivity index (χ1) is 12.1. The molecule has 2 aromatic carbocycles. The molecule has 0 spiro atoms. The SMILES string of the molecule is COc1cc(C)c(COC(=O)[C@@H]2COc3ccccc3O2)cc1OC. The fourth-order valence-electron chi connectivity index (χ4n) is 2.56. The van der Waals surface area contributed by atoms with E-state index in [1.54, 1.807) is 32.4 Å². The van der Waals surface area contributed by atoms with Gasteiger partial charge in [-0.05, 0) is 42.3 Å². The van der Waals surface area contributed by atoms with E-state index >= 15 is 0 Å². The number of benzene rings is 2. The maximum Gasteiger partial charge on any atom is 0.351 e. The lowest BCUT2D eigenvalue weighted by Gasteiger charge is -2.25. The Morgan fingerprint density at radius 3 is 2.52 bits per heavy atom. The molecule has 1 aliphatic heterocycles. The van der Waals surface area contributed by atoms with E-state index in [1.165, 1.54) is 0 Å². The fourth-order valence-corrected chi connectivity index (χ4v) is 2.56. The van der Waals surface area contributed by atoms with Gasteiger partial charge in [0, 0.05) is 0 Å². The minimum absolute atomic E-state index is 0.118. The molecule has 0 N–H and O–H groups in total. The van der Waals surface area contributed by atoms with E-state index in [4.69, 9.17) is 23.7 Å². The van der Waals surface area contributed by atoms with Gasteiger partial charge in [0.05, 0.1) is 14.2 Å². The monoisotopic (exact) mass is 344 g/mol. The average molecular weight is 344 g/mol. The maximum absolute atomic E-state index is 12.3. The predicted molar refractivity (Wildman–Crippen MR) is 90.4 cm³/mol. The molecule has 1 heterocycles. The first-order valence-electron chi connectivity index (χ1n) is 7.89. The third kappa shape index (κ3) is 3.63.